The molecule has 20 heavy (non-hydrogen) atoms. The Kier molecular flexibility index (Phi) is 3.33. The second-order valence-corrected chi connectivity index (χ2v) is 4.49. The Morgan fingerprint density at radius 1 is 1.25 bits per heavy atom. The van der Waals surface area contributed by atoms with Crippen molar-refractivity contribution in [2.24, 2.45) is 0 Å². The molecule has 0 saturated heterocycles. The highest BCUT2D eigenvalue weighted by molar-refractivity contribution is 5.70. The van der Waals surface area contributed by atoms with Crippen molar-refractivity contribution in [1.29, 1.82) is 0 Å². The molecule has 0 spiro atoms. The Bertz CT molecular complexity index is 722. The molecule has 0 bridgehead atoms. The van der Waals surface area contributed by atoms with E-state index in [2.05, 4.69) is 21.9 Å². The third kappa shape index (κ3) is 2.61. The molecule has 2 heterocycles. The van der Waals surface area contributed by atoms with Crippen LogP contribution in [0, 0.1) is 5.82 Å². The van der Waals surface area contributed by atoms with E-state index < -0.39 is 0 Å². The molecular weight excluding hydrogens is 257 g/mol. The number of aromatic amines is 1. The van der Waals surface area contributed by atoms with Gasteiger partial charge in [-0.1, -0.05) is 19.1 Å². The van der Waals surface area contributed by atoms with Gasteiger partial charge < -0.3 is 9.72 Å². The molecule has 0 aliphatic rings. The van der Waals surface area contributed by atoms with Crippen LogP contribution in [0.3, 0.4) is 0 Å². The van der Waals surface area contributed by atoms with Gasteiger partial charge in [-0.3, -0.25) is 0 Å². The van der Waals surface area contributed by atoms with Crippen LogP contribution in [0.25, 0.3) is 11.2 Å². The second kappa shape index (κ2) is 5.28. The third-order valence-electron chi connectivity index (χ3n) is 3.06. The zero-order valence-corrected chi connectivity index (χ0v) is 11.1. The van der Waals surface area contributed by atoms with Gasteiger partial charge in [-0.15, -0.1) is 0 Å². The second-order valence-electron chi connectivity index (χ2n) is 4.49. The summed E-state index contributed by atoms with van der Waals surface area (Å²) < 4.78 is 18.7. The minimum absolute atomic E-state index is 0.295. The zero-order valence-electron chi connectivity index (χ0n) is 11.1. The molecular formula is C15H14FN3O. The van der Waals surface area contributed by atoms with Gasteiger partial charge in [0.05, 0.1) is 11.7 Å². The highest BCUT2D eigenvalue weighted by Gasteiger charge is 2.05. The first-order valence-corrected chi connectivity index (χ1v) is 6.46. The van der Waals surface area contributed by atoms with E-state index in [1.807, 2.05) is 24.3 Å². The summed E-state index contributed by atoms with van der Waals surface area (Å²) in [6.07, 6.45) is 2.15. The van der Waals surface area contributed by atoms with Crippen LogP contribution in [0.5, 0.6) is 5.75 Å². The van der Waals surface area contributed by atoms with Crippen LogP contribution in [-0.2, 0) is 13.0 Å². The monoisotopic (exact) mass is 271 g/mol. The molecule has 1 aromatic carbocycles. The molecule has 5 heteroatoms. The lowest BCUT2D eigenvalue weighted by Crippen LogP contribution is -1.97. The van der Waals surface area contributed by atoms with Crippen molar-refractivity contribution < 1.29 is 9.13 Å². The van der Waals surface area contributed by atoms with Crippen molar-refractivity contribution in [2.75, 3.05) is 0 Å². The number of benzene rings is 1. The maximum absolute atomic E-state index is 13.0. The molecule has 0 radical (unpaired) electrons. The average Bonchev–Trinajstić information content (AvgIpc) is 2.87. The quantitative estimate of drug-likeness (QED) is 0.792. The molecule has 4 nitrogen and oxygen atoms in total. The predicted molar refractivity (Wildman–Crippen MR) is 74.0 cm³/mol. The number of hydrogen-bond donors (Lipinski definition) is 1. The van der Waals surface area contributed by atoms with Gasteiger partial charge in [0.25, 0.3) is 0 Å². The van der Waals surface area contributed by atoms with Gasteiger partial charge in [0, 0.05) is 6.07 Å². The number of hydrogen-bond acceptors (Lipinski definition) is 3. The summed E-state index contributed by atoms with van der Waals surface area (Å²) >= 11 is 0. The topological polar surface area (TPSA) is 50.8 Å². The van der Waals surface area contributed by atoms with E-state index in [1.165, 1.54) is 11.6 Å². The van der Waals surface area contributed by atoms with Crippen molar-refractivity contribution in [2.45, 2.75) is 20.0 Å². The summed E-state index contributed by atoms with van der Waals surface area (Å²) in [5.74, 6) is 1.02. The Balaban J connectivity index is 1.72. The van der Waals surface area contributed by atoms with Crippen molar-refractivity contribution >= 4 is 11.2 Å². The predicted octanol–water partition coefficient (Wildman–Crippen LogP) is 3.24. The molecule has 102 valence electrons. The van der Waals surface area contributed by atoms with Crippen LogP contribution in [0.4, 0.5) is 4.39 Å². The number of rotatable bonds is 4. The number of ether oxygens (including phenoxy) is 1. The Labute approximate surface area is 115 Å². The maximum Gasteiger partial charge on any atom is 0.178 e. The summed E-state index contributed by atoms with van der Waals surface area (Å²) in [5, 5.41) is 0. The van der Waals surface area contributed by atoms with E-state index in [0.717, 1.165) is 18.4 Å². The van der Waals surface area contributed by atoms with Crippen LogP contribution in [0.1, 0.15) is 18.3 Å². The van der Waals surface area contributed by atoms with Crippen LogP contribution < -0.4 is 4.74 Å². The summed E-state index contributed by atoms with van der Waals surface area (Å²) in [7, 11) is 0. The van der Waals surface area contributed by atoms with E-state index >= 15 is 0 Å². The lowest BCUT2D eigenvalue weighted by atomic mass is 10.2. The van der Waals surface area contributed by atoms with E-state index in [0.29, 0.717) is 23.6 Å². The SMILES string of the molecule is CCc1ccc(OCc2nc3ncc(F)cc3[nH]2)cc1. The van der Waals surface area contributed by atoms with Crippen LogP contribution in [-0.4, -0.2) is 15.0 Å². The number of halogens is 1. The summed E-state index contributed by atoms with van der Waals surface area (Å²) in [5.41, 5.74) is 2.33. The summed E-state index contributed by atoms with van der Waals surface area (Å²) in [6.45, 7) is 2.40. The van der Waals surface area contributed by atoms with Gasteiger partial charge in [-0.25, -0.2) is 14.4 Å². The fourth-order valence-electron chi connectivity index (χ4n) is 1.97. The van der Waals surface area contributed by atoms with Gasteiger partial charge in [0.2, 0.25) is 0 Å². The minimum Gasteiger partial charge on any atom is -0.486 e. The van der Waals surface area contributed by atoms with E-state index in [4.69, 9.17) is 4.74 Å². The number of aromatic nitrogens is 3. The van der Waals surface area contributed by atoms with Gasteiger partial charge >= 0.3 is 0 Å². The minimum atomic E-state index is -0.385. The third-order valence-corrected chi connectivity index (χ3v) is 3.06. The van der Waals surface area contributed by atoms with Crippen LogP contribution in [0.2, 0.25) is 0 Å². The highest BCUT2D eigenvalue weighted by Crippen LogP contribution is 2.15. The first kappa shape index (κ1) is 12.6. The van der Waals surface area contributed by atoms with Crippen LogP contribution in [0.15, 0.2) is 36.5 Å². The van der Waals surface area contributed by atoms with Crippen molar-refractivity contribution in [3.05, 3.63) is 53.7 Å². The van der Waals surface area contributed by atoms with E-state index in [1.54, 1.807) is 0 Å². The van der Waals surface area contributed by atoms with Crippen molar-refractivity contribution in [3.63, 3.8) is 0 Å². The van der Waals surface area contributed by atoms with Gasteiger partial charge in [-0.2, -0.15) is 0 Å². The molecule has 1 N–H and O–H groups in total. The fraction of sp³-hybridized carbons (Fsp3) is 0.200. The van der Waals surface area contributed by atoms with E-state index in [9.17, 15) is 4.39 Å². The van der Waals surface area contributed by atoms with Gasteiger partial charge in [0.15, 0.2) is 5.65 Å². The lowest BCUT2D eigenvalue weighted by molar-refractivity contribution is 0.297. The summed E-state index contributed by atoms with van der Waals surface area (Å²) in [4.78, 5) is 11.1. The number of H-pyrrole nitrogens is 1. The number of nitrogens with zero attached hydrogens (tertiary/aromatic N) is 2. The molecule has 0 aliphatic carbocycles. The molecule has 0 unspecified atom stereocenters. The molecule has 0 fully saturated rings. The molecule has 0 aliphatic heterocycles. The standard InChI is InChI=1S/C15H14FN3O/c1-2-10-3-5-12(6-4-10)20-9-14-18-13-7-11(16)8-17-15(13)19-14/h3-8H,2,9H2,1H3,(H,17,18,19). The van der Waals surface area contributed by atoms with Crippen molar-refractivity contribution in [1.82, 2.24) is 15.0 Å². The van der Waals surface area contributed by atoms with Gasteiger partial charge in [0.1, 0.15) is 24.0 Å². The van der Waals surface area contributed by atoms with Crippen LogP contribution >= 0.6 is 0 Å². The fourth-order valence-corrected chi connectivity index (χ4v) is 1.97. The lowest BCUT2D eigenvalue weighted by Gasteiger charge is -2.04. The average molecular weight is 271 g/mol. The first-order chi connectivity index (χ1) is 9.74. The number of fused-ring (bicyclic) bond motifs is 1. The Morgan fingerprint density at radius 3 is 2.80 bits per heavy atom. The zero-order chi connectivity index (χ0) is 13.9. The Morgan fingerprint density at radius 2 is 2.05 bits per heavy atom. The maximum atomic E-state index is 13.0. The Hall–Kier alpha value is -2.43. The highest BCUT2D eigenvalue weighted by atomic mass is 19.1. The molecule has 0 amide bonds. The normalized spacial score (nSPS) is 10.9. The smallest absolute Gasteiger partial charge is 0.178 e. The molecule has 3 rings (SSSR count). The molecule has 2 aromatic heterocycles. The number of pyridine rings is 1. The number of nitrogens with one attached hydrogen (secondary N) is 1. The number of aryl methyl sites for hydroxylation is 1. The molecule has 0 saturated carbocycles. The van der Waals surface area contributed by atoms with E-state index in [-0.39, 0.29) is 5.82 Å². The number of imidazole rings is 1. The summed E-state index contributed by atoms with van der Waals surface area (Å²) in [6, 6.07) is 9.30. The van der Waals surface area contributed by atoms with Crippen molar-refractivity contribution in [3.8, 4) is 5.75 Å². The largest absolute Gasteiger partial charge is 0.486 e. The molecule has 0 atom stereocenters. The first-order valence-electron chi connectivity index (χ1n) is 6.46. The van der Waals surface area contributed by atoms with Gasteiger partial charge in [-0.05, 0) is 24.1 Å². The molecule has 3 aromatic rings.